The lowest BCUT2D eigenvalue weighted by Gasteiger charge is -2.11. The first-order valence-electron chi connectivity index (χ1n) is 10.0. The molecule has 1 amide bonds. The first-order valence-corrected chi connectivity index (χ1v) is 10.0. The molecule has 0 bridgehead atoms. The van der Waals surface area contributed by atoms with Crippen molar-refractivity contribution in [3.05, 3.63) is 106 Å². The highest BCUT2D eigenvalue weighted by atomic mass is 16.6. The van der Waals surface area contributed by atoms with Crippen LogP contribution in [0.3, 0.4) is 0 Å². The molecule has 0 saturated carbocycles. The van der Waals surface area contributed by atoms with E-state index < -0.39 is 4.92 Å². The smallest absolute Gasteiger partial charge is 0.270 e. The van der Waals surface area contributed by atoms with E-state index in [0.29, 0.717) is 23.5 Å². The average Bonchev–Trinajstić information content (AvgIpc) is 3.23. The van der Waals surface area contributed by atoms with Crippen molar-refractivity contribution in [1.82, 2.24) is 20.1 Å². The predicted octanol–water partition coefficient (Wildman–Crippen LogP) is 4.39. The predicted molar refractivity (Wildman–Crippen MR) is 121 cm³/mol. The molecule has 0 aliphatic carbocycles. The monoisotopic (exact) mass is 427 g/mol. The molecule has 32 heavy (non-hydrogen) atoms. The van der Waals surface area contributed by atoms with Crippen molar-refractivity contribution in [3.63, 3.8) is 0 Å². The van der Waals surface area contributed by atoms with Crippen LogP contribution in [0.2, 0.25) is 0 Å². The Bertz CT molecular complexity index is 1280. The van der Waals surface area contributed by atoms with Gasteiger partial charge in [0.15, 0.2) is 0 Å². The van der Waals surface area contributed by atoms with E-state index in [0.717, 1.165) is 22.4 Å². The third kappa shape index (κ3) is 4.39. The summed E-state index contributed by atoms with van der Waals surface area (Å²) in [4.78, 5) is 27.6. The fourth-order valence-corrected chi connectivity index (χ4v) is 3.44. The Balaban J connectivity index is 1.72. The Hall–Kier alpha value is -4.33. The van der Waals surface area contributed by atoms with Crippen LogP contribution in [0.25, 0.3) is 16.9 Å². The van der Waals surface area contributed by atoms with Crippen LogP contribution in [-0.2, 0) is 6.54 Å². The minimum absolute atomic E-state index is 0.00196. The van der Waals surface area contributed by atoms with Crippen molar-refractivity contribution in [1.29, 1.82) is 0 Å². The van der Waals surface area contributed by atoms with E-state index in [1.807, 2.05) is 44.2 Å². The van der Waals surface area contributed by atoms with Crippen LogP contribution in [0.4, 0.5) is 5.69 Å². The van der Waals surface area contributed by atoms with E-state index in [2.05, 4.69) is 15.4 Å². The summed E-state index contributed by atoms with van der Waals surface area (Å²) in [5.41, 5.74) is 5.41. The summed E-state index contributed by atoms with van der Waals surface area (Å²) in [7, 11) is 0. The number of hydrogen-bond donors (Lipinski definition) is 1. The van der Waals surface area contributed by atoms with Gasteiger partial charge < -0.3 is 5.32 Å². The van der Waals surface area contributed by atoms with Crippen LogP contribution < -0.4 is 5.32 Å². The van der Waals surface area contributed by atoms with Crippen LogP contribution in [-0.4, -0.2) is 25.6 Å². The number of aromatic nitrogens is 3. The van der Waals surface area contributed by atoms with E-state index in [-0.39, 0.29) is 11.6 Å². The number of carbonyl (C=O) groups excluding carboxylic acids is 1. The van der Waals surface area contributed by atoms with E-state index >= 15 is 0 Å². The number of nitrogens with zero attached hydrogens (tertiary/aromatic N) is 4. The zero-order chi connectivity index (χ0) is 22.7. The highest BCUT2D eigenvalue weighted by molar-refractivity contribution is 5.94. The zero-order valence-electron chi connectivity index (χ0n) is 17.6. The van der Waals surface area contributed by atoms with Gasteiger partial charge in [-0.15, -0.1) is 0 Å². The topological polar surface area (TPSA) is 103 Å². The van der Waals surface area contributed by atoms with Gasteiger partial charge in [0.1, 0.15) is 5.69 Å². The van der Waals surface area contributed by atoms with E-state index in [4.69, 9.17) is 0 Å². The molecule has 0 fully saturated rings. The van der Waals surface area contributed by atoms with Crippen molar-refractivity contribution in [2.75, 3.05) is 0 Å². The maximum Gasteiger partial charge on any atom is 0.270 e. The molecule has 0 aliphatic rings. The van der Waals surface area contributed by atoms with E-state index in [1.54, 1.807) is 35.3 Å². The molecule has 2 aromatic carbocycles. The van der Waals surface area contributed by atoms with Gasteiger partial charge in [0, 0.05) is 36.6 Å². The Labute approximate surface area is 184 Å². The highest BCUT2D eigenvalue weighted by Gasteiger charge is 2.19. The van der Waals surface area contributed by atoms with Gasteiger partial charge in [-0.2, -0.15) is 5.10 Å². The minimum atomic E-state index is -0.448. The molecule has 2 aromatic heterocycles. The summed E-state index contributed by atoms with van der Waals surface area (Å²) in [6.07, 6.45) is 3.35. The van der Waals surface area contributed by atoms with Gasteiger partial charge in [-0.05, 0) is 61.4 Å². The van der Waals surface area contributed by atoms with Gasteiger partial charge in [-0.1, -0.05) is 17.7 Å². The highest BCUT2D eigenvalue weighted by Crippen LogP contribution is 2.25. The molecule has 2 heterocycles. The van der Waals surface area contributed by atoms with Crippen molar-refractivity contribution >= 4 is 11.6 Å². The zero-order valence-corrected chi connectivity index (χ0v) is 17.6. The Morgan fingerprint density at radius 3 is 2.41 bits per heavy atom. The molecule has 0 saturated heterocycles. The second-order valence-corrected chi connectivity index (χ2v) is 7.46. The van der Waals surface area contributed by atoms with Crippen LogP contribution in [0.5, 0.6) is 0 Å². The summed E-state index contributed by atoms with van der Waals surface area (Å²) < 4.78 is 1.62. The van der Waals surface area contributed by atoms with Crippen molar-refractivity contribution in [2.24, 2.45) is 0 Å². The second kappa shape index (κ2) is 8.81. The standard InChI is InChI=1S/C24H21N5O3/c1-16-3-8-22(17(2)13-16)28-23(24(30)26-15-18-9-11-25-12-10-18)14-21(27-28)19-4-6-20(7-5-19)29(31)32/h3-14H,15H2,1-2H3,(H,26,30). The number of hydrogen-bond acceptors (Lipinski definition) is 5. The number of benzene rings is 2. The molecule has 8 heteroatoms. The second-order valence-electron chi connectivity index (χ2n) is 7.46. The summed E-state index contributed by atoms with van der Waals surface area (Å²) in [5, 5.41) is 18.6. The number of non-ortho nitro benzene ring substituents is 1. The average molecular weight is 427 g/mol. The van der Waals surface area contributed by atoms with Gasteiger partial charge >= 0.3 is 0 Å². The molecule has 4 rings (SSSR count). The number of pyridine rings is 1. The molecule has 1 N–H and O–H groups in total. The first-order chi connectivity index (χ1) is 15.4. The molecule has 4 aromatic rings. The molecule has 160 valence electrons. The van der Waals surface area contributed by atoms with Gasteiger partial charge in [0.25, 0.3) is 11.6 Å². The van der Waals surface area contributed by atoms with Crippen molar-refractivity contribution < 1.29 is 9.72 Å². The summed E-state index contributed by atoms with van der Waals surface area (Å²) >= 11 is 0. The lowest BCUT2D eigenvalue weighted by atomic mass is 10.1. The lowest BCUT2D eigenvalue weighted by molar-refractivity contribution is -0.384. The minimum Gasteiger partial charge on any atom is -0.347 e. The van der Waals surface area contributed by atoms with Gasteiger partial charge in [-0.25, -0.2) is 4.68 Å². The SMILES string of the molecule is Cc1ccc(-n2nc(-c3ccc([N+](=O)[O-])cc3)cc2C(=O)NCc2ccncc2)c(C)c1. The maximum absolute atomic E-state index is 13.1. The maximum atomic E-state index is 13.1. The molecule has 0 aliphatic heterocycles. The van der Waals surface area contributed by atoms with Crippen molar-refractivity contribution in [3.8, 4) is 16.9 Å². The van der Waals surface area contributed by atoms with Gasteiger partial charge in [0.05, 0.1) is 16.3 Å². The number of amides is 1. The van der Waals surface area contributed by atoms with Crippen LogP contribution in [0.15, 0.2) is 73.1 Å². The van der Waals surface area contributed by atoms with Gasteiger partial charge in [-0.3, -0.25) is 19.9 Å². The fraction of sp³-hybridized carbons (Fsp3) is 0.125. The third-order valence-electron chi connectivity index (χ3n) is 5.10. The Morgan fingerprint density at radius 2 is 1.75 bits per heavy atom. The summed E-state index contributed by atoms with van der Waals surface area (Å²) in [5.74, 6) is -0.276. The quantitative estimate of drug-likeness (QED) is 0.363. The number of rotatable bonds is 6. The van der Waals surface area contributed by atoms with Crippen LogP contribution in [0, 0.1) is 24.0 Å². The fourth-order valence-electron chi connectivity index (χ4n) is 3.44. The normalized spacial score (nSPS) is 10.7. The number of nitro benzene ring substituents is 1. The number of nitro groups is 1. The number of carbonyl (C=O) groups is 1. The largest absolute Gasteiger partial charge is 0.347 e. The van der Waals surface area contributed by atoms with Crippen LogP contribution in [0.1, 0.15) is 27.2 Å². The van der Waals surface area contributed by atoms with Gasteiger partial charge in [0.2, 0.25) is 0 Å². The van der Waals surface area contributed by atoms with Crippen molar-refractivity contribution in [2.45, 2.75) is 20.4 Å². The molecule has 0 radical (unpaired) electrons. The first kappa shape index (κ1) is 20.9. The molecule has 0 atom stereocenters. The number of nitrogens with one attached hydrogen (secondary N) is 1. The molecule has 8 nitrogen and oxygen atoms in total. The molecular formula is C24H21N5O3. The lowest BCUT2D eigenvalue weighted by Crippen LogP contribution is -2.25. The summed E-state index contributed by atoms with van der Waals surface area (Å²) in [6.45, 7) is 4.32. The molecule has 0 spiro atoms. The van der Waals surface area contributed by atoms with E-state index in [1.165, 1.54) is 12.1 Å². The third-order valence-corrected chi connectivity index (χ3v) is 5.10. The summed E-state index contributed by atoms with van der Waals surface area (Å²) in [6, 6.07) is 17.4. The Morgan fingerprint density at radius 1 is 1.03 bits per heavy atom. The van der Waals surface area contributed by atoms with E-state index in [9.17, 15) is 14.9 Å². The van der Waals surface area contributed by atoms with Crippen LogP contribution >= 0.6 is 0 Å². The molecular weight excluding hydrogens is 406 g/mol. The number of aryl methyl sites for hydroxylation is 2. The molecule has 0 unspecified atom stereocenters. The Kier molecular flexibility index (Phi) is 5.76.